The minimum Gasteiger partial charge on any atom is -0.355 e. The largest absolute Gasteiger partial charge is 0.416 e. The zero-order valence-electron chi connectivity index (χ0n) is 14.5. The van der Waals surface area contributed by atoms with Crippen molar-refractivity contribution in [3.63, 3.8) is 0 Å². The molecule has 1 aliphatic rings. The highest BCUT2D eigenvalue weighted by Gasteiger charge is 2.30. The van der Waals surface area contributed by atoms with Crippen LogP contribution in [0, 0.1) is 0 Å². The molecular weight excluding hydrogens is 460 g/mol. The molecule has 0 bridgehead atoms. The summed E-state index contributed by atoms with van der Waals surface area (Å²) < 4.78 is 37.5. The Balaban J connectivity index is 0.00000338. The average Bonchev–Trinajstić information content (AvgIpc) is 3.09. The molecule has 1 aliphatic carbocycles. The summed E-state index contributed by atoms with van der Waals surface area (Å²) in [4.78, 5) is 16.1. The predicted octanol–water partition coefficient (Wildman–Crippen LogP) is 3.16. The van der Waals surface area contributed by atoms with Crippen LogP contribution in [0.1, 0.15) is 41.6 Å². The van der Waals surface area contributed by atoms with Crippen LogP contribution in [0.2, 0.25) is 0 Å². The molecule has 2 rings (SSSR count). The average molecular weight is 484 g/mol. The lowest BCUT2D eigenvalue weighted by molar-refractivity contribution is -0.137. The van der Waals surface area contributed by atoms with Gasteiger partial charge in [0, 0.05) is 31.7 Å². The van der Waals surface area contributed by atoms with Crippen molar-refractivity contribution >= 4 is 35.8 Å². The van der Waals surface area contributed by atoms with E-state index in [0.717, 1.165) is 25.0 Å². The number of benzene rings is 1. The first-order valence-corrected chi connectivity index (χ1v) is 8.33. The van der Waals surface area contributed by atoms with Crippen molar-refractivity contribution in [1.29, 1.82) is 0 Å². The third-order valence-corrected chi connectivity index (χ3v) is 4.10. The van der Waals surface area contributed by atoms with Gasteiger partial charge in [-0.3, -0.25) is 9.79 Å². The van der Waals surface area contributed by atoms with Gasteiger partial charge in [0.15, 0.2) is 5.96 Å². The fourth-order valence-electron chi connectivity index (χ4n) is 2.73. The van der Waals surface area contributed by atoms with E-state index in [1.807, 2.05) is 0 Å². The lowest BCUT2D eigenvalue weighted by Gasteiger charge is -2.17. The molecule has 0 heterocycles. The molecule has 0 saturated heterocycles. The van der Waals surface area contributed by atoms with Crippen molar-refractivity contribution in [2.75, 3.05) is 20.1 Å². The summed E-state index contributed by atoms with van der Waals surface area (Å²) in [5.74, 6) is 0.282. The molecule has 5 nitrogen and oxygen atoms in total. The summed E-state index contributed by atoms with van der Waals surface area (Å²) in [6.45, 7) is 0.810. The van der Waals surface area contributed by atoms with Crippen molar-refractivity contribution in [1.82, 2.24) is 16.0 Å². The summed E-state index contributed by atoms with van der Waals surface area (Å²) in [7, 11) is 1.69. The number of alkyl halides is 3. The van der Waals surface area contributed by atoms with E-state index in [0.29, 0.717) is 25.1 Å². The van der Waals surface area contributed by atoms with Crippen LogP contribution in [0.4, 0.5) is 13.2 Å². The van der Waals surface area contributed by atoms with Crippen LogP contribution in [-0.2, 0) is 6.18 Å². The smallest absolute Gasteiger partial charge is 0.355 e. The zero-order chi connectivity index (χ0) is 18.3. The van der Waals surface area contributed by atoms with Crippen LogP contribution in [0.3, 0.4) is 0 Å². The van der Waals surface area contributed by atoms with Crippen molar-refractivity contribution in [3.8, 4) is 0 Å². The van der Waals surface area contributed by atoms with E-state index >= 15 is 0 Å². The fourth-order valence-corrected chi connectivity index (χ4v) is 2.73. The predicted molar refractivity (Wildman–Crippen MR) is 106 cm³/mol. The number of rotatable bonds is 5. The Bertz CT molecular complexity index is 599. The minimum absolute atomic E-state index is 0. The van der Waals surface area contributed by atoms with Crippen molar-refractivity contribution in [2.45, 2.75) is 37.9 Å². The Kier molecular flexibility index (Phi) is 9.17. The van der Waals surface area contributed by atoms with Crippen molar-refractivity contribution in [3.05, 3.63) is 35.4 Å². The van der Waals surface area contributed by atoms with Gasteiger partial charge in [-0.2, -0.15) is 13.2 Å². The highest BCUT2D eigenvalue weighted by molar-refractivity contribution is 14.0. The number of nitrogens with one attached hydrogen (secondary N) is 3. The Morgan fingerprint density at radius 3 is 2.23 bits per heavy atom. The Hall–Kier alpha value is -1.52. The van der Waals surface area contributed by atoms with Gasteiger partial charge in [-0.1, -0.05) is 12.8 Å². The molecule has 0 radical (unpaired) electrons. The van der Waals surface area contributed by atoms with Crippen LogP contribution in [-0.4, -0.2) is 38.0 Å². The van der Waals surface area contributed by atoms with Gasteiger partial charge in [-0.15, -0.1) is 24.0 Å². The van der Waals surface area contributed by atoms with E-state index in [9.17, 15) is 18.0 Å². The first-order valence-electron chi connectivity index (χ1n) is 8.33. The van der Waals surface area contributed by atoms with E-state index in [4.69, 9.17) is 0 Å². The second kappa shape index (κ2) is 10.6. The molecule has 0 atom stereocenters. The molecule has 1 aromatic rings. The molecular formula is C17H24F3IN4O. The van der Waals surface area contributed by atoms with Gasteiger partial charge in [0.25, 0.3) is 5.91 Å². The standard InChI is InChI=1S/C17H23F3N4O.HI/c1-21-16(24-14-4-2-3-5-14)23-11-10-22-15(25)12-6-8-13(9-7-12)17(18,19)20;/h6-9,14H,2-5,10-11H2,1H3,(H,22,25)(H2,21,23,24);1H. The summed E-state index contributed by atoms with van der Waals surface area (Å²) in [6.07, 6.45) is 0.299. The Morgan fingerprint density at radius 1 is 1.12 bits per heavy atom. The van der Waals surface area contributed by atoms with Gasteiger partial charge in [0.05, 0.1) is 5.56 Å². The number of amides is 1. The first-order chi connectivity index (χ1) is 11.9. The molecule has 0 aromatic heterocycles. The van der Waals surface area contributed by atoms with E-state index in [1.54, 1.807) is 7.05 Å². The number of aliphatic imine (C=N–C) groups is 1. The maximum atomic E-state index is 12.5. The van der Waals surface area contributed by atoms with Gasteiger partial charge in [0.1, 0.15) is 0 Å². The number of hydrogen-bond donors (Lipinski definition) is 3. The number of carbonyl (C=O) groups excluding carboxylic acids is 1. The molecule has 1 fully saturated rings. The van der Waals surface area contributed by atoms with Crippen LogP contribution in [0.25, 0.3) is 0 Å². The minimum atomic E-state index is -4.40. The van der Waals surface area contributed by atoms with Crippen LogP contribution >= 0.6 is 24.0 Å². The lowest BCUT2D eigenvalue weighted by atomic mass is 10.1. The molecule has 1 amide bonds. The van der Waals surface area contributed by atoms with Crippen molar-refractivity contribution < 1.29 is 18.0 Å². The fraction of sp³-hybridized carbons (Fsp3) is 0.529. The number of carbonyl (C=O) groups is 1. The van der Waals surface area contributed by atoms with Gasteiger partial charge in [-0.05, 0) is 37.1 Å². The molecule has 0 aliphatic heterocycles. The molecule has 3 N–H and O–H groups in total. The monoisotopic (exact) mass is 484 g/mol. The number of guanidine groups is 1. The van der Waals surface area contributed by atoms with E-state index in [-0.39, 0.29) is 29.5 Å². The van der Waals surface area contributed by atoms with Gasteiger partial charge >= 0.3 is 6.18 Å². The van der Waals surface area contributed by atoms with E-state index in [2.05, 4.69) is 20.9 Å². The van der Waals surface area contributed by atoms with Gasteiger partial charge in [-0.25, -0.2) is 0 Å². The van der Waals surface area contributed by atoms with Gasteiger partial charge < -0.3 is 16.0 Å². The summed E-state index contributed by atoms with van der Waals surface area (Å²) in [5, 5.41) is 9.10. The van der Waals surface area contributed by atoms with E-state index < -0.39 is 17.6 Å². The maximum Gasteiger partial charge on any atom is 0.416 e. The molecule has 1 saturated carbocycles. The lowest BCUT2D eigenvalue weighted by Crippen LogP contribution is -2.44. The highest BCUT2D eigenvalue weighted by Crippen LogP contribution is 2.29. The molecule has 0 spiro atoms. The highest BCUT2D eigenvalue weighted by atomic mass is 127. The van der Waals surface area contributed by atoms with Gasteiger partial charge in [0.2, 0.25) is 0 Å². The quantitative estimate of drug-likeness (QED) is 0.261. The molecule has 1 aromatic carbocycles. The SMILES string of the molecule is CN=C(NCCNC(=O)c1ccc(C(F)(F)F)cc1)NC1CCCC1.I. The topological polar surface area (TPSA) is 65.5 Å². The number of nitrogens with zero attached hydrogens (tertiary/aromatic N) is 1. The van der Waals surface area contributed by atoms with Crippen LogP contribution < -0.4 is 16.0 Å². The molecule has 0 unspecified atom stereocenters. The maximum absolute atomic E-state index is 12.5. The van der Waals surface area contributed by atoms with Crippen LogP contribution in [0.15, 0.2) is 29.3 Å². The Labute approximate surface area is 168 Å². The van der Waals surface area contributed by atoms with Crippen LogP contribution in [0.5, 0.6) is 0 Å². The summed E-state index contributed by atoms with van der Waals surface area (Å²) in [6, 6.07) is 4.59. The normalized spacial score (nSPS) is 15.3. The molecule has 26 heavy (non-hydrogen) atoms. The van der Waals surface area contributed by atoms with Crippen molar-refractivity contribution in [2.24, 2.45) is 4.99 Å². The second-order valence-electron chi connectivity index (χ2n) is 5.96. The molecule has 146 valence electrons. The zero-order valence-corrected chi connectivity index (χ0v) is 16.9. The number of hydrogen-bond acceptors (Lipinski definition) is 2. The molecule has 9 heteroatoms. The summed E-state index contributed by atoms with van der Waals surface area (Å²) >= 11 is 0. The Morgan fingerprint density at radius 2 is 1.69 bits per heavy atom. The number of halogens is 4. The third-order valence-electron chi connectivity index (χ3n) is 4.10. The van der Waals surface area contributed by atoms with E-state index in [1.165, 1.54) is 25.0 Å². The third kappa shape index (κ3) is 7.00. The summed E-state index contributed by atoms with van der Waals surface area (Å²) in [5.41, 5.74) is -0.575. The first kappa shape index (κ1) is 22.5. The second-order valence-corrected chi connectivity index (χ2v) is 5.96.